The molecule has 0 bridgehead atoms. The number of nitro groups is 1. The Hall–Kier alpha value is -1.78. The molecule has 0 aromatic heterocycles. The predicted octanol–water partition coefficient (Wildman–Crippen LogP) is 4.37. The van der Waals surface area contributed by atoms with E-state index >= 15 is 0 Å². The molecule has 0 saturated heterocycles. The molecule has 1 aromatic rings. The largest absolute Gasteiger partial charge is 0.487 e. The maximum absolute atomic E-state index is 11.0. The molecule has 5 nitrogen and oxygen atoms in total. The van der Waals surface area contributed by atoms with Gasteiger partial charge in [0.15, 0.2) is 5.75 Å². The first kappa shape index (κ1) is 15.6. The van der Waals surface area contributed by atoms with Crippen LogP contribution >= 0.6 is 0 Å². The van der Waals surface area contributed by atoms with Crippen LogP contribution in [0.4, 0.5) is 11.4 Å². The number of anilines is 1. The highest BCUT2D eigenvalue weighted by Gasteiger charge is 2.20. The van der Waals surface area contributed by atoms with E-state index < -0.39 is 4.92 Å². The van der Waals surface area contributed by atoms with Crippen LogP contribution in [0.15, 0.2) is 18.2 Å². The van der Waals surface area contributed by atoms with Crippen LogP contribution in [-0.4, -0.2) is 17.6 Å². The van der Waals surface area contributed by atoms with Gasteiger partial charge in [0, 0.05) is 23.9 Å². The fraction of sp³-hybridized carbons (Fsp3) is 0.625. The van der Waals surface area contributed by atoms with Crippen LogP contribution in [0, 0.1) is 16.0 Å². The molecule has 2 atom stereocenters. The number of nitrogens with zero attached hydrogens (tertiary/aromatic N) is 1. The third-order valence-corrected chi connectivity index (χ3v) is 3.93. The molecular weight excluding hydrogens is 268 g/mol. The molecule has 1 N–H and O–H groups in total. The van der Waals surface area contributed by atoms with Crippen molar-refractivity contribution >= 4 is 11.4 Å². The number of nitro benzene ring substituents is 1. The maximum Gasteiger partial charge on any atom is 0.311 e. The highest BCUT2D eigenvalue weighted by molar-refractivity contribution is 5.58. The van der Waals surface area contributed by atoms with Gasteiger partial charge in [-0.15, -0.1) is 0 Å². The highest BCUT2D eigenvalue weighted by Crippen LogP contribution is 2.32. The number of hydrogen-bond acceptors (Lipinski definition) is 4. The molecule has 0 heterocycles. The summed E-state index contributed by atoms with van der Waals surface area (Å²) in [5.74, 6) is 1.10. The van der Waals surface area contributed by atoms with Gasteiger partial charge in [0.1, 0.15) is 0 Å². The third kappa shape index (κ3) is 4.34. The normalized spacial score (nSPS) is 21.8. The van der Waals surface area contributed by atoms with Gasteiger partial charge in [0.05, 0.1) is 11.5 Å². The summed E-state index contributed by atoms with van der Waals surface area (Å²) in [5, 5.41) is 14.5. The fourth-order valence-electron chi connectivity index (χ4n) is 2.88. The fourth-order valence-corrected chi connectivity index (χ4v) is 2.88. The number of rotatable bonds is 6. The second-order valence-electron chi connectivity index (χ2n) is 5.90. The predicted molar refractivity (Wildman–Crippen MR) is 83.9 cm³/mol. The van der Waals surface area contributed by atoms with Crippen LogP contribution in [0.5, 0.6) is 5.75 Å². The minimum atomic E-state index is -0.391. The van der Waals surface area contributed by atoms with Gasteiger partial charge in [-0.1, -0.05) is 26.7 Å². The molecule has 2 unspecified atom stereocenters. The van der Waals surface area contributed by atoms with Gasteiger partial charge in [0.25, 0.3) is 0 Å². The summed E-state index contributed by atoms with van der Waals surface area (Å²) < 4.78 is 5.52. The van der Waals surface area contributed by atoms with Crippen molar-refractivity contribution in [1.29, 1.82) is 0 Å². The first-order valence-corrected chi connectivity index (χ1v) is 7.78. The van der Waals surface area contributed by atoms with Crippen molar-refractivity contribution in [2.45, 2.75) is 52.0 Å². The van der Waals surface area contributed by atoms with Gasteiger partial charge in [-0.2, -0.15) is 0 Å². The SMILES string of the molecule is CCCOc1cc(NC2CCCC(C)C2)ccc1[N+](=O)[O-]. The van der Waals surface area contributed by atoms with E-state index in [9.17, 15) is 10.1 Å². The van der Waals surface area contributed by atoms with Crippen LogP contribution in [0.1, 0.15) is 46.0 Å². The standard InChI is InChI=1S/C16H24N2O3/c1-3-9-21-16-11-14(7-8-15(16)18(19)20)17-13-6-4-5-12(2)10-13/h7-8,11-13,17H,3-6,9-10H2,1-2H3. The number of ether oxygens (including phenoxy) is 1. The maximum atomic E-state index is 11.0. The van der Waals surface area contributed by atoms with Gasteiger partial charge < -0.3 is 10.1 Å². The zero-order valence-corrected chi connectivity index (χ0v) is 12.8. The molecule has 116 valence electrons. The number of benzene rings is 1. The second kappa shape index (κ2) is 7.29. The van der Waals surface area contributed by atoms with Crippen molar-refractivity contribution in [2.75, 3.05) is 11.9 Å². The van der Waals surface area contributed by atoms with Crippen molar-refractivity contribution in [2.24, 2.45) is 5.92 Å². The Kier molecular flexibility index (Phi) is 5.42. The molecule has 1 saturated carbocycles. The van der Waals surface area contributed by atoms with Gasteiger partial charge >= 0.3 is 5.69 Å². The van der Waals surface area contributed by atoms with E-state index in [2.05, 4.69) is 12.2 Å². The molecule has 21 heavy (non-hydrogen) atoms. The molecule has 0 amide bonds. The number of hydrogen-bond donors (Lipinski definition) is 1. The van der Waals surface area contributed by atoms with E-state index in [1.807, 2.05) is 6.92 Å². The molecule has 0 aliphatic heterocycles. The van der Waals surface area contributed by atoms with E-state index in [1.165, 1.54) is 18.9 Å². The van der Waals surface area contributed by atoms with Crippen molar-refractivity contribution < 1.29 is 9.66 Å². The lowest BCUT2D eigenvalue weighted by molar-refractivity contribution is -0.385. The zero-order chi connectivity index (χ0) is 15.2. The van der Waals surface area contributed by atoms with Crippen LogP contribution in [0.25, 0.3) is 0 Å². The topological polar surface area (TPSA) is 64.4 Å². The summed E-state index contributed by atoms with van der Waals surface area (Å²) in [5.41, 5.74) is 0.941. The van der Waals surface area contributed by atoms with Gasteiger partial charge in [-0.05, 0) is 31.2 Å². The Bertz CT molecular complexity index is 490. The van der Waals surface area contributed by atoms with E-state index in [4.69, 9.17) is 4.74 Å². The minimum absolute atomic E-state index is 0.0333. The molecule has 2 rings (SSSR count). The molecule has 0 spiro atoms. The van der Waals surface area contributed by atoms with Crippen molar-refractivity contribution in [3.05, 3.63) is 28.3 Å². The van der Waals surface area contributed by atoms with Crippen molar-refractivity contribution in [3.8, 4) is 5.75 Å². The first-order chi connectivity index (χ1) is 10.1. The summed E-state index contributed by atoms with van der Waals surface area (Å²) in [4.78, 5) is 10.6. The lowest BCUT2D eigenvalue weighted by atomic mass is 9.87. The van der Waals surface area contributed by atoms with Crippen LogP contribution in [0.2, 0.25) is 0 Å². The molecular formula is C16H24N2O3. The molecule has 1 aromatic carbocycles. The Morgan fingerprint density at radius 3 is 2.90 bits per heavy atom. The van der Waals surface area contributed by atoms with E-state index in [-0.39, 0.29) is 5.69 Å². The number of nitrogens with one attached hydrogen (secondary N) is 1. The Labute approximate surface area is 125 Å². The lowest BCUT2D eigenvalue weighted by Crippen LogP contribution is -2.26. The second-order valence-corrected chi connectivity index (χ2v) is 5.90. The third-order valence-electron chi connectivity index (χ3n) is 3.93. The monoisotopic (exact) mass is 292 g/mol. The smallest absolute Gasteiger partial charge is 0.311 e. The zero-order valence-electron chi connectivity index (χ0n) is 12.8. The lowest BCUT2D eigenvalue weighted by Gasteiger charge is -2.28. The highest BCUT2D eigenvalue weighted by atomic mass is 16.6. The average molecular weight is 292 g/mol. The summed E-state index contributed by atoms with van der Waals surface area (Å²) in [6, 6.07) is 5.51. The summed E-state index contributed by atoms with van der Waals surface area (Å²) in [6.07, 6.45) is 5.68. The van der Waals surface area contributed by atoms with Crippen LogP contribution in [-0.2, 0) is 0 Å². The van der Waals surface area contributed by atoms with Crippen molar-refractivity contribution in [1.82, 2.24) is 0 Å². The Morgan fingerprint density at radius 1 is 1.43 bits per heavy atom. The Balaban J connectivity index is 2.10. The average Bonchev–Trinajstić information content (AvgIpc) is 2.45. The summed E-state index contributed by atoms with van der Waals surface area (Å²) in [7, 11) is 0. The van der Waals surface area contributed by atoms with Gasteiger partial charge in [-0.25, -0.2) is 0 Å². The molecule has 0 radical (unpaired) electrons. The van der Waals surface area contributed by atoms with Gasteiger partial charge in [0.2, 0.25) is 0 Å². The molecule has 1 aliphatic carbocycles. The van der Waals surface area contributed by atoms with E-state index in [1.54, 1.807) is 12.1 Å². The Morgan fingerprint density at radius 2 is 2.24 bits per heavy atom. The molecule has 1 aliphatic rings. The van der Waals surface area contributed by atoms with E-state index in [0.717, 1.165) is 30.9 Å². The summed E-state index contributed by atoms with van der Waals surface area (Å²) in [6.45, 7) is 4.75. The van der Waals surface area contributed by atoms with Gasteiger partial charge in [-0.3, -0.25) is 10.1 Å². The van der Waals surface area contributed by atoms with Crippen molar-refractivity contribution in [3.63, 3.8) is 0 Å². The quantitative estimate of drug-likeness (QED) is 0.624. The minimum Gasteiger partial charge on any atom is -0.487 e. The molecule has 5 heteroatoms. The van der Waals surface area contributed by atoms with E-state index in [0.29, 0.717) is 18.4 Å². The molecule has 1 fully saturated rings. The summed E-state index contributed by atoms with van der Waals surface area (Å²) >= 11 is 0. The first-order valence-electron chi connectivity index (χ1n) is 7.78. The van der Waals surface area contributed by atoms with Crippen LogP contribution in [0.3, 0.4) is 0 Å². The van der Waals surface area contributed by atoms with Crippen LogP contribution < -0.4 is 10.1 Å².